The zero-order chi connectivity index (χ0) is 13.8. The normalized spacial score (nSPS) is 10.5. The summed E-state index contributed by atoms with van der Waals surface area (Å²) in [5.74, 6) is 0.369. The van der Waals surface area contributed by atoms with Gasteiger partial charge in [-0.25, -0.2) is 9.37 Å². The molecule has 0 fully saturated rings. The number of nitrogens with zero attached hydrogens (tertiary/aromatic N) is 2. The van der Waals surface area contributed by atoms with E-state index in [0.717, 1.165) is 0 Å². The van der Waals surface area contributed by atoms with Gasteiger partial charge in [0.2, 0.25) is 0 Å². The molecule has 0 bridgehead atoms. The average Bonchev–Trinajstić information content (AvgIpc) is 2.34. The zero-order valence-corrected chi connectivity index (χ0v) is 11.0. The highest BCUT2D eigenvalue weighted by Crippen LogP contribution is 2.11. The van der Waals surface area contributed by atoms with Gasteiger partial charge in [0.15, 0.2) is 0 Å². The molecule has 5 heteroatoms. The first kappa shape index (κ1) is 13.3. The molecule has 1 aromatic carbocycles. The Hall–Kier alpha value is -2.17. The summed E-state index contributed by atoms with van der Waals surface area (Å²) in [5, 5.41) is 2.97. The van der Waals surface area contributed by atoms with Crippen molar-refractivity contribution in [3.8, 4) is 0 Å². The van der Waals surface area contributed by atoms with Gasteiger partial charge in [0.05, 0.1) is 5.69 Å². The molecule has 1 heterocycles. The first-order valence-electron chi connectivity index (χ1n) is 6.11. The monoisotopic (exact) mass is 261 g/mol. The second-order valence-corrected chi connectivity index (χ2v) is 4.34. The van der Waals surface area contributed by atoms with Crippen LogP contribution in [-0.2, 0) is 6.54 Å². The van der Waals surface area contributed by atoms with Gasteiger partial charge < -0.3 is 5.32 Å². The van der Waals surface area contributed by atoms with Gasteiger partial charge >= 0.3 is 0 Å². The molecule has 0 radical (unpaired) electrons. The van der Waals surface area contributed by atoms with E-state index in [1.165, 1.54) is 12.1 Å². The Labute approximate surface area is 110 Å². The summed E-state index contributed by atoms with van der Waals surface area (Å²) in [5.41, 5.74) is 1.06. The van der Waals surface area contributed by atoms with Gasteiger partial charge in [0, 0.05) is 24.8 Å². The third-order valence-corrected chi connectivity index (χ3v) is 2.85. The van der Waals surface area contributed by atoms with E-state index in [1.54, 1.807) is 36.6 Å². The minimum Gasteiger partial charge on any atom is -0.381 e. The number of hydrogen-bond donors (Lipinski definition) is 1. The van der Waals surface area contributed by atoms with Crippen LogP contribution in [0.5, 0.6) is 0 Å². The largest absolute Gasteiger partial charge is 0.381 e. The number of para-hydroxylation sites is 1. The molecule has 0 atom stereocenters. The zero-order valence-electron chi connectivity index (χ0n) is 11.0. The molecule has 0 saturated carbocycles. The van der Waals surface area contributed by atoms with Gasteiger partial charge in [-0.05, 0) is 26.0 Å². The van der Waals surface area contributed by atoms with Gasteiger partial charge in [-0.15, -0.1) is 0 Å². The summed E-state index contributed by atoms with van der Waals surface area (Å²) in [4.78, 5) is 16.0. The van der Waals surface area contributed by atoms with Gasteiger partial charge in [-0.2, -0.15) is 0 Å². The third kappa shape index (κ3) is 3.19. The van der Waals surface area contributed by atoms with E-state index in [4.69, 9.17) is 0 Å². The fourth-order valence-electron chi connectivity index (χ4n) is 1.94. The quantitative estimate of drug-likeness (QED) is 0.917. The van der Waals surface area contributed by atoms with Crippen LogP contribution in [0.2, 0.25) is 0 Å². The molecule has 0 aliphatic carbocycles. The number of hydrogen-bond acceptors (Lipinski definition) is 3. The maximum Gasteiger partial charge on any atom is 0.253 e. The van der Waals surface area contributed by atoms with Crippen LogP contribution in [0.1, 0.15) is 11.5 Å². The summed E-state index contributed by atoms with van der Waals surface area (Å²) < 4.78 is 15.0. The lowest BCUT2D eigenvalue weighted by Crippen LogP contribution is -2.26. The standard InChI is InChI=1S/C14H16FN3O/c1-10-9-14(19)18(11(2)17-10)8-7-16-13-6-4-3-5-12(13)15/h3-6,9,16H,7-8H2,1-2H3. The predicted molar refractivity (Wildman–Crippen MR) is 72.9 cm³/mol. The van der Waals surface area contributed by atoms with E-state index in [-0.39, 0.29) is 11.4 Å². The molecule has 19 heavy (non-hydrogen) atoms. The molecule has 0 amide bonds. The summed E-state index contributed by atoms with van der Waals surface area (Å²) in [6.07, 6.45) is 0. The Kier molecular flexibility index (Phi) is 3.94. The Balaban J connectivity index is 2.04. The average molecular weight is 261 g/mol. The molecule has 0 saturated heterocycles. The molecule has 100 valence electrons. The Morgan fingerprint density at radius 3 is 2.74 bits per heavy atom. The van der Waals surface area contributed by atoms with E-state index in [9.17, 15) is 9.18 Å². The minimum absolute atomic E-state index is 0.0830. The van der Waals surface area contributed by atoms with Crippen molar-refractivity contribution in [3.63, 3.8) is 0 Å². The second kappa shape index (κ2) is 5.65. The summed E-state index contributed by atoms with van der Waals surface area (Å²) in [6.45, 7) is 4.49. The molecule has 0 unspecified atom stereocenters. The molecular formula is C14H16FN3O. The van der Waals surface area contributed by atoms with Crippen LogP contribution in [0, 0.1) is 19.7 Å². The molecule has 0 aliphatic heterocycles. The maximum absolute atomic E-state index is 13.4. The number of anilines is 1. The Morgan fingerprint density at radius 1 is 1.32 bits per heavy atom. The van der Waals surface area contributed by atoms with Crippen molar-refractivity contribution in [2.75, 3.05) is 11.9 Å². The smallest absolute Gasteiger partial charge is 0.253 e. The summed E-state index contributed by atoms with van der Waals surface area (Å²) in [6, 6.07) is 7.96. The van der Waals surface area contributed by atoms with Crippen LogP contribution in [-0.4, -0.2) is 16.1 Å². The predicted octanol–water partition coefficient (Wildman–Crippen LogP) is 2.11. The van der Waals surface area contributed by atoms with E-state index in [0.29, 0.717) is 30.3 Å². The minimum atomic E-state index is -0.298. The topological polar surface area (TPSA) is 46.9 Å². The first-order valence-corrected chi connectivity index (χ1v) is 6.11. The van der Waals surface area contributed by atoms with Crippen molar-refractivity contribution in [1.29, 1.82) is 0 Å². The van der Waals surface area contributed by atoms with Crippen molar-refractivity contribution in [3.05, 3.63) is 58.0 Å². The number of rotatable bonds is 4. The number of aromatic nitrogens is 2. The van der Waals surface area contributed by atoms with Gasteiger partial charge in [0.25, 0.3) is 5.56 Å². The highest BCUT2D eigenvalue weighted by atomic mass is 19.1. The van der Waals surface area contributed by atoms with Crippen LogP contribution in [0.25, 0.3) is 0 Å². The Bertz CT molecular complexity index is 637. The third-order valence-electron chi connectivity index (χ3n) is 2.85. The highest BCUT2D eigenvalue weighted by Gasteiger charge is 2.03. The van der Waals surface area contributed by atoms with Gasteiger partial charge in [0.1, 0.15) is 11.6 Å². The van der Waals surface area contributed by atoms with E-state index < -0.39 is 0 Å². The second-order valence-electron chi connectivity index (χ2n) is 4.34. The van der Waals surface area contributed by atoms with Crippen molar-refractivity contribution in [2.45, 2.75) is 20.4 Å². The van der Waals surface area contributed by atoms with Crippen LogP contribution in [0.4, 0.5) is 10.1 Å². The molecule has 1 aromatic heterocycles. The van der Waals surface area contributed by atoms with Gasteiger partial charge in [-0.3, -0.25) is 9.36 Å². The van der Waals surface area contributed by atoms with Crippen molar-refractivity contribution < 1.29 is 4.39 Å². The van der Waals surface area contributed by atoms with Crippen LogP contribution >= 0.6 is 0 Å². The molecular weight excluding hydrogens is 245 g/mol. The Morgan fingerprint density at radius 2 is 2.05 bits per heavy atom. The van der Waals surface area contributed by atoms with Crippen LogP contribution in [0.3, 0.4) is 0 Å². The number of benzene rings is 1. The van der Waals surface area contributed by atoms with E-state index in [1.807, 2.05) is 0 Å². The maximum atomic E-state index is 13.4. The molecule has 2 rings (SSSR count). The summed E-state index contributed by atoms with van der Waals surface area (Å²) >= 11 is 0. The highest BCUT2D eigenvalue weighted by molar-refractivity contribution is 5.44. The fourth-order valence-corrected chi connectivity index (χ4v) is 1.94. The van der Waals surface area contributed by atoms with E-state index in [2.05, 4.69) is 10.3 Å². The van der Waals surface area contributed by atoms with Crippen LogP contribution < -0.4 is 10.9 Å². The van der Waals surface area contributed by atoms with E-state index >= 15 is 0 Å². The van der Waals surface area contributed by atoms with Crippen molar-refractivity contribution in [2.24, 2.45) is 0 Å². The molecule has 4 nitrogen and oxygen atoms in total. The molecule has 0 spiro atoms. The number of nitrogens with one attached hydrogen (secondary N) is 1. The van der Waals surface area contributed by atoms with Gasteiger partial charge in [-0.1, -0.05) is 12.1 Å². The molecule has 0 aliphatic rings. The fraction of sp³-hybridized carbons (Fsp3) is 0.286. The number of aryl methyl sites for hydroxylation is 2. The molecule has 2 aromatic rings. The van der Waals surface area contributed by atoms with Crippen molar-refractivity contribution >= 4 is 5.69 Å². The lowest BCUT2D eigenvalue weighted by molar-refractivity contribution is 0.621. The molecule has 1 N–H and O–H groups in total. The first-order chi connectivity index (χ1) is 9.08. The SMILES string of the molecule is Cc1cc(=O)n(CCNc2ccccc2F)c(C)n1. The van der Waals surface area contributed by atoms with Crippen molar-refractivity contribution in [1.82, 2.24) is 9.55 Å². The summed E-state index contributed by atoms with van der Waals surface area (Å²) in [7, 11) is 0. The van der Waals surface area contributed by atoms with Crippen LogP contribution in [0.15, 0.2) is 35.1 Å². The lowest BCUT2D eigenvalue weighted by Gasteiger charge is -2.11. The number of halogens is 1. The lowest BCUT2D eigenvalue weighted by atomic mass is 10.3.